The molecule has 22 heavy (non-hydrogen) atoms. The molecule has 0 aromatic heterocycles. The van der Waals surface area contributed by atoms with Crippen LogP contribution in [-0.2, 0) is 6.54 Å². The summed E-state index contributed by atoms with van der Waals surface area (Å²) in [6, 6.07) is 3.60. The molecule has 5 heteroatoms. The molecule has 1 aromatic rings. The second-order valence-corrected chi connectivity index (χ2v) is 7.51. The average molecular weight is 323 g/mol. The fraction of sp³-hybridized carbons (Fsp3) is 0.588. The third-order valence-corrected chi connectivity index (χ3v) is 5.42. The van der Waals surface area contributed by atoms with Gasteiger partial charge >= 0.3 is 0 Å². The lowest BCUT2D eigenvalue weighted by Gasteiger charge is -2.55. The number of nitrogens with zero attached hydrogens (tertiary/aromatic N) is 1. The Bertz CT molecular complexity index is 576. The number of carbonyl (C=O) groups excluding carboxylic acids is 1. The third-order valence-electron chi connectivity index (χ3n) is 5.09. The average Bonchev–Trinajstić information content (AvgIpc) is 2.35. The molecule has 1 saturated heterocycles. The minimum atomic E-state index is -0.517. The predicted molar refractivity (Wildman–Crippen MR) is 87.2 cm³/mol. The Hall–Kier alpha value is -0.940. The third kappa shape index (κ3) is 2.69. The summed E-state index contributed by atoms with van der Waals surface area (Å²) in [5, 5.41) is 14.6. The predicted octanol–water partition coefficient (Wildman–Crippen LogP) is 2.25. The van der Waals surface area contributed by atoms with Gasteiger partial charge in [0, 0.05) is 25.2 Å². The van der Waals surface area contributed by atoms with Gasteiger partial charge in [0.05, 0.1) is 11.1 Å². The first-order chi connectivity index (χ1) is 10.5. The largest absolute Gasteiger partial charge is 0.388 e. The summed E-state index contributed by atoms with van der Waals surface area (Å²) in [7, 11) is 3.90. The molecule has 1 unspecified atom stereocenters. The van der Waals surface area contributed by atoms with Gasteiger partial charge in [-0.3, -0.25) is 4.79 Å². The van der Waals surface area contributed by atoms with Crippen molar-refractivity contribution in [3.63, 3.8) is 0 Å². The van der Waals surface area contributed by atoms with E-state index in [1.54, 1.807) is 6.07 Å². The molecule has 2 N–H and O–H groups in total. The van der Waals surface area contributed by atoms with Crippen molar-refractivity contribution >= 4 is 17.9 Å². The lowest BCUT2D eigenvalue weighted by Crippen LogP contribution is -2.61. The van der Waals surface area contributed by atoms with Crippen LogP contribution < -0.4 is 5.32 Å². The molecule has 1 aliphatic heterocycles. The second kappa shape index (κ2) is 5.93. The van der Waals surface area contributed by atoms with Crippen molar-refractivity contribution < 1.29 is 9.90 Å². The molecule has 3 rings (SSSR count). The van der Waals surface area contributed by atoms with Crippen molar-refractivity contribution in [1.29, 1.82) is 0 Å². The van der Waals surface area contributed by atoms with Gasteiger partial charge in [-0.15, -0.1) is 0 Å². The molecule has 1 aliphatic carbocycles. The van der Waals surface area contributed by atoms with E-state index in [1.165, 1.54) is 0 Å². The fourth-order valence-corrected chi connectivity index (χ4v) is 4.07. The SMILES string of the molecule is CN(C)Cc1c(C(O)C2CC3(CNC3)C2)ccc(Cl)c1C=O. The first kappa shape index (κ1) is 15.9. The minimum Gasteiger partial charge on any atom is -0.388 e. The van der Waals surface area contributed by atoms with E-state index in [0.717, 1.165) is 43.3 Å². The summed E-state index contributed by atoms with van der Waals surface area (Å²) in [6.45, 7) is 2.74. The molecule has 2 aliphatic rings. The zero-order chi connectivity index (χ0) is 15.9. The lowest BCUT2D eigenvalue weighted by molar-refractivity contribution is -0.0645. The lowest BCUT2D eigenvalue weighted by atomic mass is 9.56. The fourth-order valence-electron chi connectivity index (χ4n) is 3.85. The highest BCUT2D eigenvalue weighted by Crippen LogP contribution is 2.53. The molecule has 120 valence electrons. The number of nitrogens with one attached hydrogen (secondary N) is 1. The van der Waals surface area contributed by atoms with Crippen molar-refractivity contribution in [2.75, 3.05) is 27.2 Å². The molecule has 0 bridgehead atoms. The van der Waals surface area contributed by atoms with Gasteiger partial charge < -0.3 is 15.3 Å². The standard InChI is InChI=1S/C17H23ClN2O2/c1-20(2)7-13-12(3-4-15(18)14(13)8-21)16(22)11-5-17(6-11)9-19-10-17/h3-4,8,11,16,19,22H,5-7,9-10H2,1-2H3. The number of halogens is 1. The molecule has 1 heterocycles. The number of aliphatic hydroxyl groups is 1. The quantitative estimate of drug-likeness (QED) is 0.816. The topological polar surface area (TPSA) is 52.6 Å². The van der Waals surface area contributed by atoms with Gasteiger partial charge in [-0.2, -0.15) is 0 Å². The van der Waals surface area contributed by atoms with E-state index >= 15 is 0 Å². The van der Waals surface area contributed by atoms with Crippen LogP contribution in [0.15, 0.2) is 12.1 Å². The molecular formula is C17H23ClN2O2. The Labute approximate surface area is 136 Å². The van der Waals surface area contributed by atoms with Crippen LogP contribution in [0, 0.1) is 11.3 Å². The maximum Gasteiger partial charge on any atom is 0.151 e. The van der Waals surface area contributed by atoms with E-state index in [4.69, 9.17) is 11.6 Å². The molecule has 1 atom stereocenters. The maximum atomic E-state index is 11.4. The number of aldehydes is 1. The maximum absolute atomic E-state index is 11.4. The Morgan fingerprint density at radius 1 is 1.45 bits per heavy atom. The summed E-state index contributed by atoms with van der Waals surface area (Å²) in [4.78, 5) is 13.4. The minimum absolute atomic E-state index is 0.281. The Kier molecular flexibility index (Phi) is 4.29. The van der Waals surface area contributed by atoms with Gasteiger partial charge in [0.2, 0.25) is 0 Å². The van der Waals surface area contributed by atoms with Gasteiger partial charge in [-0.25, -0.2) is 0 Å². The van der Waals surface area contributed by atoms with Crippen molar-refractivity contribution in [1.82, 2.24) is 10.2 Å². The van der Waals surface area contributed by atoms with Crippen LogP contribution in [0.3, 0.4) is 0 Å². The normalized spacial score (nSPS) is 21.5. The number of carbonyl (C=O) groups is 1. The Morgan fingerprint density at radius 2 is 2.14 bits per heavy atom. The highest BCUT2D eigenvalue weighted by atomic mass is 35.5. The van der Waals surface area contributed by atoms with Gasteiger partial charge in [0.15, 0.2) is 6.29 Å². The van der Waals surface area contributed by atoms with E-state index in [9.17, 15) is 9.90 Å². The van der Waals surface area contributed by atoms with Crippen molar-refractivity contribution in [3.8, 4) is 0 Å². The van der Waals surface area contributed by atoms with Crippen molar-refractivity contribution in [2.24, 2.45) is 11.3 Å². The van der Waals surface area contributed by atoms with Crippen LogP contribution in [0.2, 0.25) is 5.02 Å². The van der Waals surface area contributed by atoms with Crippen molar-refractivity contribution in [3.05, 3.63) is 33.8 Å². The van der Waals surface area contributed by atoms with Crippen LogP contribution in [0.5, 0.6) is 0 Å². The van der Waals surface area contributed by atoms with Gasteiger partial charge in [-0.1, -0.05) is 17.7 Å². The number of hydrogen-bond acceptors (Lipinski definition) is 4. The van der Waals surface area contributed by atoms with Crippen LogP contribution in [0.25, 0.3) is 0 Å². The molecular weight excluding hydrogens is 300 g/mol. The zero-order valence-corrected chi connectivity index (χ0v) is 13.9. The van der Waals surface area contributed by atoms with Gasteiger partial charge in [0.1, 0.15) is 0 Å². The first-order valence-electron chi connectivity index (χ1n) is 7.76. The Balaban J connectivity index is 1.87. The summed E-state index contributed by atoms with van der Waals surface area (Å²) in [5.41, 5.74) is 2.64. The van der Waals surface area contributed by atoms with Crippen LogP contribution in [0.1, 0.15) is 40.4 Å². The summed E-state index contributed by atoms with van der Waals surface area (Å²) in [5.74, 6) is 0.281. The van der Waals surface area contributed by atoms with Gasteiger partial charge in [0.25, 0.3) is 0 Å². The van der Waals surface area contributed by atoms with Crippen LogP contribution in [0.4, 0.5) is 0 Å². The summed E-state index contributed by atoms with van der Waals surface area (Å²) < 4.78 is 0. The van der Waals surface area contributed by atoms with Crippen LogP contribution in [-0.4, -0.2) is 43.5 Å². The van der Waals surface area contributed by atoms with E-state index in [1.807, 2.05) is 25.1 Å². The molecule has 2 fully saturated rings. The summed E-state index contributed by atoms with van der Waals surface area (Å²) >= 11 is 6.15. The van der Waals surface area contributed by atoms with E-state index in [0.29, 0.717) is 22.5 Å². The molecule has 4 nitrogen and oxygen atoms in total. The van der Waals surface area contributed by atoms with E-state index in [2.05, 4.69) is 5.32 Å². The smallest absolute Gasteiger partial charge is 0.151 e. The molecule has 1 aromatic carbocycles. The molecule has 0 radical (unpaired) electrons. The van der Waals surface area contributed by atoms with Gasteiger partial charge in [-0.05, 0) is 55.5 Å². The van der Waals surface area contributed by atoms with Crippen molar-refractivity contribution in [2.45, 2.75) is 25.5 Å². The Morgan fingerprint density at radius 3 is 2.64 bits per heavy atom. The molecule has 0 amide bonds. The number of benzene rings is 1. The van der Waals surface area contributed by atoms with E-state index < -0.39 is 6.10 Å². The number of hydrogen-bond donors (Lipinski definition) is 2. The summed E-state index contributed by atoms with van der Waals surface area (Å²) in [6.07, 6.45) is 2.40. The monoisotopic (exact) mass is 322 g/mol. The first-order valence-corrected chi connectivity index (χ1v) is 8.13. The number of rotatable bonds is 5. The molecule has 1 saturated carbocycles. The number of aliphatic hydroxyl groups excluding tert-OH is 1. The van der Waals surface area contributed by atoms with E-state index in [-0.39, 0.29) is 5.92 Å². The highest BCUT2D eigenvalue weighted by Gasteiger charge is 2.50. The second-order valence-electron chi connectivity index (χ2n) is 7.10. The molecule has 1 spiro atoms. The van der Waals surface area contributed by atoms with Crippen LogP contribution >= 0.6 is 11.6 Å². The zero-order valence-electron chi connectivity index (χ0n) is 13.1. The highest BCUT2D eigenvalue weighted by molar-refractivity contribution is 6.33.